The van der Waals surface area contributed by atoms with E-state index in [1.807, 2.05) is 0 Å². The van der Waals surface area contributed by atoms with Gasteiger partial charge in [0.1, 0.15) is 0 Å². The predicted molar refractivity (Wildman–Crippen MR) is 210 cm³/mol. The minimum atomic E-state index is 0.121. The standard InChI is InChI=1S/C46H54N2/c1-9-14-35(2)47(41-18-13-15-38(25-32-41)45(3,4)5)42-28-21-36(22-29-42)19-20-37-23-30-43(31-24-37)48(40-16-11-10-12-17-40)44-33-26-39(27-34-44)46(6,7)8/h10-12,14-28,30-34,42H,9,13,29H2,1-8H3/b20-19+,35-14+. The van der Waals surface area contributed by atoms with Crippen LogP contribution >= 0.6 is 0 Å². The van der Waals surface area contributed by atoms with Crippen LogP contribution in [0, 0.1) is 5.41 Å². The topological polar surface area (TPSA) is 6.48 Å². The van der Waals surface area contributed by atoms with Crippen molar-refractivity contribution in [2.24, 2.45) is 5.41 Å². The van der Waals surface area contributed by atoms with E-state index in [0.717, 1.165) is 36.3 Å². The molecule has 0 heterocycles. The summed E-state index contributed by atoms with van der Waals surface area (Å²) in [7, 11) is 0. The highest BCUT2D eigenvalue weighted by Gasteiger charge is 2.22. The Labute approximate surface area is 290 Å². The Morgan fingerprint density at radius 2 is 1.35 bits per heavy atom. The number of hydrogen-bond acceptors (Lipinski definition) is 2. The molecule has 0 spiro atoms. The third-order valence-electron chi connectivity index (χ3n) is 9.19. The lowest BCUT2D eigenvalue weighted by Gasteiger charge is -2.34. The Morgan fingerprint density at radius 1 is 0.708 bits per heavy atom. The molecule has 1 unspecified atom stereocenters. The molecule has 3 aromatic rings. The van der Waals surface area contributed by atoms with Crippen LogP contribution in [0.15, 0.2) is 156 Å². The van der Waals surface area contributed by atoms with Crippen LogP contribution in [-0.4, -0.2) is 10.9 Å². The molecule has 248 valence electrons. The molecule has 5 rings (SSSR count). The fourth-order valence-corrected chi connectivity index (χ4v) is 6.41. The number of rotatable bonds is 9. The predicted octanol–water partition coefficient (Wildman–Crippen LogP) is 13.2. The van der Waals surface area contributed by atoms with Crippen LogP contribution < -0.4 is 4.90 Å². The van der Waals surface area contributed by atoms with Crippen molar-refractivity contribution in [3.8, 4) is 0 Å². The van der Waals surface area contributed by atoms with Crippen molar-refractivity contribution < 1.29 is 0 Å². The molecule has 2 aliphatic rings. The third kappa shape index (κ3) is 8.66. The fourth-order valence-electron chi connectivity index (χ4n) is 6.41. The highest BCUT2D eigenvalue weighted by Crippen LogP contribution is 2.36. The van der Waals surface area contributed by atoms with E-state index in [1.54, 1.807) is 0 Å². The van der Waals surface area contributed by atoms with Crippen molar-refractivity contribution in [1.82, 2.24) is 4.90 Å². The zero-order chi connectivity index (χ0) is 34.3. The van der Waals surface area contributed by atoms with Crippen LogP contribution in [0.1, 0.15) is 85.8 Å². The average Bonchev–Trinajstić information content (AvgIpc) is 3.32. The maximum absolute atomic E-state index is 2.51. The molecule has 0 saturated carbocycles. The molecule has 2 aliphatic carbocycles. The van der Waals surface area contributed by atoms with E-state index in [4.69, 9.17) is 0 Å². The quantitative estimate of drug-likeness (QED) is 0.231. The summed E-state index contributed by atoms with van der Waals surface area (Å²) in [6.07, 6.45) is 26.2. The van der Waals surface area contributed by atoms with Gasteiger partial charge in [-0.3, -0.25) is 0 Å². The molecule has 0 bridgehead atoms. The first kappa shape index (κ1) is 34.8. The number of benzene rings is 3. The number of allylic oxidation sites excluding steroid dienone is 10. The Kier molecular flexibility index (Phi) is 10.9. The lowest BCUT2D eigenvalue weighted by molar-refractivity contribution is 0.370. The summed E-state index contributed by atoms with van der Waals surface area (Å²) in [6, 6.07) is 28.8. The van der Waals surface area contributed by atoms with Crippen LogP contribution in [-0.2, 0) is 5.41 Å². The minimum absolute atomic E-state index is 0.121. The Balaban J connectivity index is 1.31. The van der Waals surface area contributed by atoms with Crippen molar-refractivity contribution >= 4 is 23.1 Å². The first-order valence-corrected chi connectivity index (χ1v) is 17.6. The van der Waals surface area contributed by atoms with Gasteiger partial charge in [0.25, 0.3) is 0 Å². The van der Waals surface area contributed by atoms with Gasteiger partial charge < -0.3 is 9.80 Å². The maximum Gasteiger partial charge on any atom is 0.0556 e. The lowest BCUT2D eigenvalue weighted by atomic mass is 9.86. The van der Waals surface area contributed by atoms with Crippen molar-refractivity contribution in [2.45, 2.75) is 86.1 Å². The summed E-state index contributed by atoms with van der Waals surface area (Å²) in [5, 5.41) is 0. The van der Waals surface area contributed by atoms with Crippen LogP contribution in [0.25, 0.3) is 6.08 Å². The van der Waals surface area contributed by atoms with Crippen molar-refractivity contribution in [3.63, 3.8) is 0 Å². The largest absolute Gasteiger partial charge is 0.339 e. The van der Waals surface area contributed by atoms with Crippen molar-refractivity contribution in [2.75, 3.05) is 4.90 Å². The summed E-state index contributed by atoms with van der Waals surface area (Å²) in [5.41, 5.74) is 11.5. The zero-order valence-corrected chi connectivity index (χ0v) is 30.4. The van der Waals surface area contributed by atoms with Crippen molar-refractivity contribution in [3.05, 3.63) is 167 Å². The zero-order valence-electron chi connectivity index (χ0n) is 30.4. The smallest absolute Gasteiger partial charge is 0.0556 e. The summed E-state index contributed by atoms with van der Waals surface area (Å²) in [6.45, 7) is 18.1. The fraction of sp³-hybridized carbons (Fsp3) is 0.304. The Hall–Kier alpha value is -4.56. The van der Waals surface area contributed by atoms with E-state index >= 15 is 0 Å². The normalized spacial score (nSPS) is 17.1. The Bertz CT molecular complexity index is 1740. The van der Waals surface area contributed by atoms with E-state index in [1.165, 1.54) is 33.7 Å². The van der Waals surface area contributed by atoms with E-state index in [2.05, 4.69) is 205 Å². The van der Waals surface area contributed by atoms with Crippen molar-refractivity contribution in [1.29, 1.82) is 0 Å². The van der Waals surface area contributed by atoms with Gasteiger partial charge in [-0.2, -0.15) is 0 Å². The van der Waals surface area contributed by atoms with Crippen LogP contribution in [0.5, 0.6) is 0 Å². The summed E-state index contributed by atoms with van der Waals surface area (Å²) in [5.74, 6) is 0. The second kappa shape index (κ2) is 15.1. The molecule has 2 heteroatoms. The molecule has 0 N–H and O–H groups in total. The molecular formula is C46H54N2. The van der Waals surface area contributed by atoms with Crippen LogP contribution in [0.4, 0.5) is 17.1 Å². The molecule has 0 aromatic heterocycles. The summed E-state index contributed by atoms with van der Waals surface area (Å²) < 4.78 is 0. The van der Waals surface area contributed by atoms with Gasteiger partial charge in [0.2, 0.25) is 0 Å². The van der Waals surface area contributed by atoms with Gasteiger partial charge in [-0.25, -0.2) is 0 Å². The van der Waals surface area contributed by atoms with Gasteiger partial charge in [0.05, 0.1) is 6.04 Å². The van der Waals surface area contributed by atoms with Gasteiger partial charge in [-0.15, -0.1) is 0 Å². The van der Waals surface area contributed by atoms with Gasteiger partial charge in [-0.1, -0.05) is 146 Å². The number of anilines is 3. The average molecular weight is 635 g/mol. The third-order valence-corrected chi connectivity index (χ3v) is 9.19. The number of para-hydroxylation sites is 1. The monoisotopic (exact) mass is 634 g/mol. The number of nitrogens with zero attached hydrogens (tertiary/aromatic N) is 2. The van der Waals surface area contributed by atoms with E-state index in [0.29, 0.717) is 0 Å². The molecule has 1 atom stereocenters. The summed E-state index contributed by atoms with van der Waals surface area (Å²) >= 11 is 0. The van der Waals surface area contributed by atoms with Crippen LogP contribution in [0.2, 0.25) is 0 Å². The highest BCUT2D eigenvalue weighted by atomic mass is 15.2. The second-order valence-electron chi connectivity index (χ2n) is 15.0. The molecule has 0 saturated heterocycles. The van der Waals surface area contributed by atoms with E-state index in [9.17, 15) is 0 Å². The second-order valence-corrected chi connectivity index (χ2v) is 15.0. The highest BCUT2D eigenvalue weighted by molar-refractivity contribution is 5.77. The minimum Gasteiger partial charge on any atom is -0.339 e. The molecule has 0 radical (unpaired) electrons. The Morgan fingerprint density at radius 3 is 1.94 bits per heavy atom. The first-order valence-electron chi connectivity index (χ1n) is 17.6. The summed E-state index contributed by atoms with van der Waals surface area (Å²) in [4.78, 5) is 4.84. The molecule has 3 aromatic carbocycles. The van der Waals surface area contributed by atoms with Gasteiger partial charge in [0, 0.05) is 28.5 Å². The first-order chi connectivity index (χ1) is 22.9. The van der Waals surface area contributed by atoms with E-state index < -0.39 is 0 Å². The number of hydrogen-bond donors (Lipinski definition) is 0. The molecule has 2 nitrogen and oxygen atoms in total. The molecule has 0 amide bonds. The van der Waals surface area contributed by atoms with Gasteiger partial charge in [-0.05, 0) is 102 Å². The van der Waals surface area contributed by atoms with E-state index in [-0.39, 0.29) is 16.9 Å². The lowest BCUT2D eigenvalue weighted by Crippen LogP contribution is -2.32. The van der Waals surface area contributed by atoms with Crippen LogP contribution in [0.3, 0.4) is 0 Å². The molecule has 0 aliphatic heterocycles. The van der Waals surface area contributed by atoms with Gasteiger partial charge in [0.15, 0.2) is 0 Å². The SMILES string of the molecule is CC/C=C(\C)N(C1=CCC=C(C(C)(C)C)C=C1)C1C=CC(/C=C/c2ccc(N(c3ccccc3)c3ccc(C(C)(C)C)cc3)cc2)=CC1. The molecule has 48 heavy (non-hydrogen) atoms. The molecule has 0 fully saturated rings. The maximum atomic E-state index is 2.51. The molecular weight excluding hydrogens is 581 g/mol. The van der Waals surface area contributed by atoms with Gasteiger partial charge >= 0.3 is 0 Å².